The molecule has 0 aromatic heterocycles. The molecule has 0 N–H and O–H groups in total. The van der Waals surface area contributed by atoms with E-state index >= 15 is 0 Å². The van der Waals surface area contributed by atoms with E-state index in [0.29, 0.717) is 6.42 Å². The van der Waals surface area contributed by atoms with Crippen molar-refractivity contribution in [2.75, 3.05) is 6.73 Å². The van der Waals surface area contributed by atoms with Crippen LogP contribution in [0.4, 0.5) is 0 Å². The summed E-state index contributed by atoms with van der Waals surface area (Å²) >= 11 is 0. The van der Waals surface area contributed by atoms with Crippen molar-refractivity contribution in [1.29, 1.82) is 0 Å². The molecule has 50 valence electrons. The summed E-state index contributed by atoms with van der Waals surface area (Å²) in [5.74, 6) is -0.367. The number of rotatable bonds is 3. The summed E-state index contributed by atoms with van der Waals surface area (Å²) in [4.78, 5) is 22.7. The second-order valence-electron chi connectivity index (χ2n) is 1.25. The largest absolute Gasteiger partial charge is 0.442 e. The lowest BCUT2D eigenvalue weighted by Gasteiger charge is -1.93. The van der Waals surface area contributed by atoms with Crippen molar-refractivity contribution in [2.24, 2.45) is 4.99 Å². The van der Waals surface area contributed by atoms with Gasteiger partial charge in [-0.2, -0.15) is 4.99 Å². The molecule has 0 rings (SSSR count). The SMILES string of the molecule is CCC(=O)OCN=C=O. The van der Waals surface area contributed by atoms with Gasteiger partial charge in [-0.05, 0) is 0 Å². The standard InChI is InChI=1S/C5H7NO3/c1-2-5(8)9-4-6-3-7/h2,4H2,1H3. The van der Waals surface area contributed by atoms with Crippen molar-refractivity contribution < 1.29 is 14.3 Å². The number of aliphatic imine (C=N–C) groups is 1. The van der Waals surface area contributed by atoms with Gasteiger partial charge in [0.1, 0.15) is 0 Å². The Morgan fingerprint density at radius 1 is 1.78 bits per heavy atom. The van der Waals surface area contributed by atoms with Crippen LogP contribution in [0.5, 0.6) is 0 Å². The molecule has 4 heteroatoms. The van der Waals surface area contributed by atoms with Gasteiger partial charge in [0.05, 0.1) is 0 Å². The van der Waals surface area contributed by atoms with Crippen LogP contribution in [0.1, 0.15) is 13.3 Å². The molecule has 0 fully saturated rings. The van der Waals surface area contributed by atoms with E-state index in [9.17, 15) is 9.59 Å². The first-order chi connectivity index (χ1) is 4.31. The molecule has 0 spiro atoms. The Bertz CT molecular complexity index is 137. The molecule has 0 aliphatic heterocycles. The highest BCUT2D eigenvalue weighted by atomic mass is 16.5. The first kappa shape index (κ1) is 7.85. The number of carbonyl (C=O) groups excluding carboxylic acids is 2. The highest BCUT2D eigenvalue weighted by molar-refractivity contribution is 5.68. The molecule has 0 heterocycles. The zero-order valence-electron chi connectivity index (χ0n) is 5.09. The van der Waals surface area contributed by atoms with Gasteiger partial charge >= 0.3 is 5.97 Å². The normalized spacial score (nSPS) is 7.67. The second kappa shape index (κ2) is 5.00. The summed E-state index contributed by atoms with van der Waals surface area (Å²) in [7, 11) is 0. The zero-order valence-corrected chi connectivity index (χ0v) is 5.09. The molecule has 9 heavy (non-hydrogen) atoms. The van der Waals surface area contributed by atoms with Crippen molar-refractivity contribution in [2.45, 2.75) is 13.3 Å². The molecule has 4 nitrogen and oxygen atoms in total. The van der Waals surface area contributed by atoms with E-state index < -0.39 is 0 Å². The van der Waals surface area contributed by atoms with Gasteiger partial charge in [0, 0.05) is 6.42 Å². The quantitative estimate of drug-likeness (QED) is 0.311. The van der Waals surface area contributed by atoms with E-state index in [1.165, 1.54) is 6.08 Å². The number of carbonyl (C=O) groups is 1. The minimum atomic E-state index is -0.367. The van der Waals surface area contributed by atoms with Gasteiger partial charge in [-0.3, -0.25) is 4.79 Å². The third kappa shape index (κ3) is 4.71. The Balaban J connectivity index is 3.27. The number of esters is 1. The smallest absolute Gasteiger partial charge is 0.307 e. The maximum Gasteiger partial charge on any atom is 0.307 e. The fraction of sp³-hybridized carbons (Fsp3) is 0.600. The molecule has 0 amide bonds. The van der Waals surface area contributed by atoms with Crippen LogP contribution in [-0.4, -0.2) is 18.8 Å². The van der Waals surface area contributed by atoms with Crippen molar-refractivity contribution in [3.05, 3.63) is 0 Å². The molecular formula is C5H7NO3. The predicted octanol–water partition coefficient (Wildman–Crippen LogP) is 0.233. The monoisotopic (exact) mass is 129 g/mol. The van der Waals surface area contributed by atoms with Crippen molar-refractivity contribution in [3.63, 3.8) is 0 Å². The summed E-state index contributed by atoms with van der Waals surface area (Å²) in [5, 5.41) is 0. The molecule has 0 saturated carbocycles. The first-order valence-electron chi connectivity index (χ1n) is 2.50. The lowest BCUT2D eigenvalue weighted by molar-refractivity contribution is -0.142. The van der Waals surface area contributed by atoms with Crippen LogP contribution in [0.2, 0.25) is 0 Å². The Morgan fingerprint density at radius 3 is 2.89 bits per heavy atom. The van der Waals surface area contributed by atoms with Crippen molar-refractivity contribution in [3.8, 4) is 0 Å². The van der Waals surface area contributed by atoms with Crippen molar-refractivity contribution in [1.82, 2.24) is 0 Å². The molecule has 0 atom stereocenters. The summed E-state index contributed by atoms with van der Waals surface area (Å²) in [6, 6.07) is 0. The van der Waals surface area contributed by atoms with Crippen LogP contribution in [0, 0.1) is 0 Å². The predicted molar refractivity (Wildman–Crippen MR) is 29.4 cm³/mol. The molecule has 0 aliphatic rings. The van der Waals surface area contributed by atoms with Crippen LogP contribution in [0.15, 0.2) is 4.99 Å². The van der Waals surface area contributed by atoms with E-state index in [0.717, 1.165) is 0 Å². The van der Waals surface area contributed by atoms with Gasteiger partial charge in [-0.25, -0.2) is 4.79 Å². The fourth-order valence-electron chi connectivity index (χ4n) is 0.233. The molecule has 0 saturated heterocycles. The zero-order chi connectivity index (χ0) is 7.11. The highest BCUT2D eigenvalue weighted by Gasteiger charge is 1.93. The third-order valence-corrected chi connectivity index (χ3v) is 0.643. The molecule has 0 aromatic rings. The summed E-state index contributed by atoms with van der Waals surface area (Å²) in [6.07, 6.45) is 1.54. The summed E-state index contributed by atoms with van der Waals surface area (Å²) < 4.78 is 4.36. The van der Waals surface area contributed by atoms with Crippen LogP contribution >= 0.6 is 0 Å². The third-order valence-electron chi connectivity index (χ3n) is 0.643. The van der Waals surface area contributed by atoms with E-state index in [1.54, 1.807) is 6.92 Å². The van der Waals surface area contributed by atoms with Gasteiger partial charge in [0.25, 0.3) is 0 Å². The van der Waals surface area contributed by atoms with Crippen LogP contribution in [0.3, 0.4) is 0 Å². The van der Waals surface area contributed by atoms with E-state index in [2.05, 4.69) is 9.73 Å². The maximum absolute atomic E-state index is 10.3. The van der Waals surface area contributed by atoms with Crippen LogP contribution in [-0.2, 0) is 14.3 Å². The van der Waals surface area contributed by atoms with Crippen LogP contribution < -0.4 is 0 Å². The molecule has 0 bridgehead atoms. The van der Waals surface area contributed by atoms with Gasteiger partial charge in [0.15, 0.2) is 6.73 Å². The first-order valence-corrected chi connectivity index (χ1v) is 2.50. The Labute approximate surface area is 52.5 Å². The average molecular weight is 129 g/mol. The van der Waals surface area contributed by atoms with Crippen molar-refractivity contribution >= 4 is 12.0 Å². The lowest BCUT2D eigenvalue weighted by Crippen LogP contribution is -2.01. The van der Waals surface area contributed by atoms with E-state index in [4.69, 9.17) is 0 Å². The van der Waals surface area contributed by atoms with Gasteiger partial charge in [-0.1, -0.05) is 6.92 Å². The topological polar surface area (TPSA) is 55.7 Å². The number of hydrogen-bond donors (Lipinski definition) is 0. The Hall–Kier alpha value is -1.15. The number of hydrogen-bond acceptors (Lipinski definition) is 4. The van der Waals surface area contributed by atoms with E-state index in [-0.39, 0.29) is 12.7 Å². The highest BCUT2D eigenvalue weighted by Crippen LogP contribution is 1.82. The fourth-order valence-corrected chi connectivity index (χ4v) is 0.233. The Kier molecular flexibility index (Phi) is 4.36. The maximum atomic E-state index is 10.3. The van der Waals surface area contributed by atoms with Gasteiger partial charge in [0.2, 0.25) is 6.08 Å². The molecule has 0 radical (unpaired) electrons. The Morgan fingerprint density at radius 2 is 2.44 bits per heavy atom. The van der Waals surface area contributed by atoms with Gasteiger partial charge < -0.3 is 4.74 Å². The second-order valence-corrected chi connectivity index (χ2v) is 1.25. The number of nitrogens with zero attached hydrogens (tertiary/aromatic N) is 1. The van der Waals surface area contributed by atoms with Crippen LogP contribution in [0.25, 0.3) is 0 Å². The molecule has 0 aromatic carbocycles. The average Bonchev–Trinajstić information content (AvgIpc) is 1.89. The summed E-state index contributed by atoms with van der Waals surface area (Å²) in [5.41, 5.74) is 0. The molecule has 0 aliphatic carbocycles. The lowest BCUT2D eigenvalue weighted by atomic mass is 10.5. The minimum absolute atomic E-state index is 0.212. The minimum Gasteiger partial charge on any atom is -0.442 e. The number of isocyanates is 1. The van der Waals surface area contributed by atoms with Gasteiger partial charge in [-0.15, -0.1) is 0 Å². The molecule has 0 unspecified atom stereocenters. The number of ether oxygens (including phenoxy) is 1. The summed E-state index contributed by atoms with van der Waals surface area (Å²) in [6.45, 7) is 1.45. The molecular weight excluding hydrogens is 122 g/mol. The van der Waals surface area contributed by atoms with E-state index in [1.807, 2.05) is 0 Å².